The molecule has 0 aromatic carbocycles. The molecule has 0 radical (unpaired) electrons. The second-order valence-corrected chi connectivity index (χ2v) is 7.50. The predicted molar refractivity (Wildman–Crippen MR) is 88.4 cm³/mol. The molecular formula is C17H28N4O3. The van der Waals surface area contributed by atoms with E-state index in [4.69, 9.17) is 4.52 Å². The molecule has 2 fully saturated rings. The van der Waals surface area contributed by atoms with Gasteiger partial charge in [-0.3, -0.25) is 0 Å². The number of aliphatic hydroxyl groups excluding tert-OH is 1. The van der Waals surface area contributed by atoms with Crippen LogP contribution in [-0.4, -0.2) is 45.4 Å². The lowest BCUT2D eigenvalue weighted by molar-refractivity contribution is 0.0786. The number of aliphatic hydroxyl groups is 1. The standard InChI is InChI=1S/C17H28N4O3/c1-10(2)14(16-19-15(20-24-16)13-4-5-13)18-17(23)21-8-6-12(7-9-21)11(3)22/h10-14,22H,4-9H2,1-3H3,(H,18,23). The van der Waals surface area contributed by atoms with Gasteiger partial charge in [0.25, 0.3) is 0 Å². The molecule has 1 saturated carbocycles. The highest BCUT2D eigenvalue weighted by molar-refractivity contribution is 5.74. The Bertz CT molecular complexity index is 560. The van der Waals surface area contributed by atoms with Crippen molar-refractivity contribution in [2.24, 2.45) is 11.8 Å². The van der Waals surface area contributed by atoms with Crippen LogP contribution in [-0.2, 0) is 0 Å². The number of piperidine rings is 1. The Morgan fingerprint density at radius 1 is 1.25 bits per heavy atom. The molecule has 0 spiro atoms. The van der Waals surface area contributed by atoms with Crippen LogP contribution in [0.2, 0.25) is 0 Å². The normalized spacial score (nSPS) is 21.8. The first-order valence-corrected chi connectivity index (χ1v) is 9.02. The highest BCUT2D eigenvalue weighted by atomic mass is 16.5. The lowest BCUT2D eigenvalue weighted by Gasteiger charge is -2.34. The lowest BCUT2D eigenvalue weighted by atomic mass is 9.92. The third-order valence-corrected chi connectivity index (χ3v) is 5.12. The number of nitrogens with one attached hydrogen (secondary N) is 1. The van der Waals surface area contributed by atoms with Crippen LogP contribution in [0.3, 0.4) is 0 Å². The highest BCUT2D eigenvalue weighted by Gasteiger charge is 2.33. The second kappa shape index (κ2) is 7.09. The molecule has 2 aliphatic rings. The van der Waals surface area contributed by atoms with Crippen LogP contribution in [0, 0.1) is 11.8 Å². The van der Waals surface area contributed by atoms with Crippen LogP contribution >= 0.6 is 0 Å². The first-order valence-electron chi connectivity index (χ1n) is 9.02. The first-order chi connectivity index (χ1) is 11.5. The minimum atomic E-state index is -0.308. The number of urea groups is 1. The highest BCUT2D eigenvalue weighted by Crippen LogP contribution is 2.38. The molecule has 1 aromatic heterocycles. The van der Waals surface area contributed by atoms with Gasteiger partial charge in [-0.25, -0.2) is 4.79 Å². The summed E-state index contributed by atoms with van der Waals surface area (Å²) in [5.41, 5.74) is 0. The zero-order valence-corrected chi connectivity index (χ0v) is 14.7. The van der Waals surface area contributed by atoms with Crippen LogP contribution in [0.1, 0.15) is 70.1 Å². The molecule has 1 aromatic rings. The largest absolute Gasteiger partial charge is 0.393 e. The minimum absolute atomic E-state index is 0.0936. The zero-order valence-electron chi connectivity index (χ0n) is 14.7. The van der Waals surface area contributed by atoms with E-state index in [1.165, 1.54) is 0 Å². The third kappa shape index (κ3) is 3.88. The van der Waals surface area contributed by atoms with E-state index in [1.54, 1.807) is 0 Å². The summed E-state index contributed by atoms with van der Waals surface area (Å²) in [7, 11) is 0. The molecule has 24 heavy (non-hydrogen) atoms. The number of carbonyl (C=O) groups excluding carboxylic acids is 1. The van der Waals surface area contributed by atoms with E-state index in [0.29, 0.717) is 24.9 Å². The maximum Gasteiger partial charge on any atom is 0.318 e. The van der Waals surface area contributed by atoms with Gasteiger partial charge in [0, 0.05) is 19.0 Å². The van der Waals surface area contributed by atoms with Gasteiger partial charge >= 0.3 is 6.03 Å². The van der Waals surface area contributed by atoms with Gasteiger partial charge in [0.2, 0.25) is 5.89 Å². The van der Waals surface area contributed by atoms with Gasteiger partial charge < -0.3 is 19.8 Å². The van der Waals surface area contributed by atoms with Gasteiger partial charge in [-0.05, 0) is 44.4 Å². The summed E-state index contributed by atoms with van der Waals surface area (Å²) in [6.07, 6.45) is 3.61. The molecule has 7 nitrogen and oxygen atoms in total. The van der Waals surface area contributed by atoms with Crippen molar-refractivity contribution in [3.05, 3.63) is 11.7 Å². The summed E-state index contributed by atoms with van der Waals surface area (Å²) >= 11 is 0. The Balaban J connectivity index is 1.59. The smallest absolute Gasteiger partial charge is 0.318 e. The van der Waals surface area contributed by atoms with Crippen LogP contribution in [0.5, 0.6) is 0 Å². The number of hydrogen-bond donors (Lipinski definition) is 2. The average molecular weight is 336 g/mol. The van der Waals surface area contributed by atoms with Gasteiger partial charge in [0.1, 0.15) is 6.04 Å². The molecule has 134 valence electrons. The monoisotopic (exact) mass is 336 g/mol. The number of amides is 2. The molecule has 3 rings (SSSR count). The molecule has 0 bridgehead atoms. The van der Waals surface area contributed by atoms with Crippen molar-refractivity contribution in [3.8, 4) is 0 Å². The number of rotatable bonds is 5. The third-order valence-electron chi connectivity index (χ3n) is 5.12. The van der Waals surface area contributed by atoms with Gasteiger partial charge in [-0.2, -0.15) is 4.98 Å². The number of aromatic nitrogens is 2. The topological polar surface area (TPSA) is 91.5 Å². The fraction of sp³-hybridized carbons (Fsp3) is 0.824. The van der Waals surface area contributed by atoms with Crippen LogP contribution in [0.4, 0.5) is 4.79 Å². The molecular weight excluding hydrogens is 308 g/mol. The molecule has 1 saturated heterocycles. The summed E-state index contributed by atoms with van der Waals surface area (Å²) in [5.74, 6) is 2.15. The average Bonchev–Trinajstić information content (AvgIpc) is 3.30. The fourth-order valence-electron chi connectivity index (χ4n) is 3.20. The van der Waals surface area contributed by atoms with Crippen LogP contribution in [0.25, 0.3) is 0 Å². The fourth-order valence-corrected chi connectivity index (χ4v) is 3.20. The summed E-state index contributed by atoms with van der Waals surface area (Å²) < 4.78 is 5.40. The van der Waals surface area contributed by atoms with E-state index in [2.05, 4.69) is 15.5 Å². The SMILES string of the molecule is CC(C)C(NC(=O)N1CCC(C(C)O)CC1)c1nc(C2CC2)no1. The van der Waals surface area contributed by atoms with Gasteiger partial charge in [-0.15, -0.1) is 0 Å². The summed E-state index contributed by atoms with van der Waals surface area (Å²) in [4.78, 5) is 18.9. The van der Waals surface area contributed by atoms with Crippen LogP contribution < -0.4 is 5.32 Å². The zero-order chi connectivity index (χ0) is 17.3. The van der Waals surface area contributed by atoms with Crippen molar-refractivity contribution in [1.82, 2.24) is 20.4 Å². The van der Waals surface area contributed by atoms with Crippen molar-refractivity contribution < 1.29 is 14.4 Å². The van der Waals surface area contributed by atoms with Gasteiger partial charge in [0.05, 0.1) is 6.10 Å². The Labute approximate surface area is 142 Å². The van der Waals surface area contributed by atoms with Crippen LogP contribution in [0.15, 0.2) is 4.52 Å². The Morgan fingerprint density at radius 2 is 1.92 bits per heavy atom. The molecule has 1 aliphatic carbocycles. The Hall–Kier alpha value is -1.63. The van der Waals surface area contributed by atoms with Gasteiger partial charge in [-0.1, -0.05) is 19.0 Å². The summed E-state index contributed by atoms with van der Waals surface area (Å²) in [6.45, 7) is 7.23. The van der Waals surface area contributed by atoms with E-state index < -0.39 is 0 Å². The first kappa shape index (κ1) is 17.2. The maximum absolute atomic E-state index is 12.6. The molecule has 7 heteroatoms. The summed E-state index contributed by atoms with van der Waals surface area (Å²) in [6, 6.07) is -0.365. The summed E-state index contributed by atoms with van der Waals surface area (Å²) in [5, 5.41) is 16.8. The Morgan fingerprint density at radius 3 is 2.46 bits per heavy atom. The van der Waals surface area contributed by atoms with E-state index >= 15 is 0 Å². The van der Waals surface area contributed by atoms with E-state index in [-0.39, 0.29) is 30.0 Å². The molecule has 1 aliphatic heterocycles. The number of carbonyl (C=O) groups is 1. The van der Waals surface area contributed by atoms with Crippen molar-refractivity contribution in [2.45, 2.75) is 64.5 Å². The van der Waals surface area contributed by atoms with E-state index in [1.807, 2.05) is 25.7 Å². The quantitative estimate of drug-likeness (QED) is 0.862. The van der Waals surface area contributed by atoms with E-state index in [9.17, 15) is 9.90 Å². The predicted octanol–water partition coefficient (Wildman–Crippen LogP) is 2.45. The maximum atomic E-state index is 12.6. The van der Waals surface area contributed by atoms with Crippen molar-refractivity contribution in [1.29, 1.82) is 0 Å². The van der Waals surface area contributed by atoms with E-state index in [0.717, 1.165) is 31.5 Å². The Kier molecular flexibility index (Phi) is 5.08. The molecule has 2 amide bonds. The molecule has 2 unspecified atom stereocenters. The van der Waals surface area contributed by atoms with Crippen molar-refractivity contribution in [3.63, 3.8) is 0 Å². The van der Waals surface area contributed by atoms with Crippen molar-refractivity contribution in [2.75, 3.05) is 13.1 Å². The van der Waals surface area contributed by atoms with Crippen molar-refractivity contribution >= 4 is 6.03 Å². The number of likely N-dealkylation sites (tertiary alicyclic amines) is 1. The minimum Gasteiger partial charge on any atom is -0.393 e. The number of nitrogens with zero attached hydrogens (tertiary/aromatic N) is 3. The number of hydrogen-bond acceptors (Lipinski definition) is 5. The molecule has 2 N–H and O–H groups in total. The molecule has 2 heterocycles. The lowest BCUT2D eigenvalue weighted by Crippen LogP contribution is -2.47. The second-order valence-electron chi connectivity index (χ2n) is 7.50. The molecule has 2 atom stereocenters. The van der Waals surface area contributed by atoms with Gasteiger partial charge in [0.15, 0.2) is 5.82 Å².